The predicted molar refractivity (Wildman–Crippen MR) is 235 cm³/mol. The molecule has 7 aliphatic rings. The van der Waals surface area contributed by atoms with Gasteiger partial charge in [-0.05, 0) is 117 Å². The van der Waals surface area contributed by atoms with Crippen molar-refractivity contribution < 1.29 is 94.8 Å². The van der Waals surface area contributed by atoms with Crippen LogP contribution in [0.5, 0.6) is 0 Å². The Kier molecular flexibility index (Phi) is 15.9. The summed E-state index contributed by atoms with van der Waals surface area (Å²) in [6.07, 6.45) is -19.9. The van der Waals surface area contributed by atoms with Crippen molar-refractivity contribution >= 4 is 0 Å². The van der Waals surface area contributed by atoms with E-state index < -0.39 is 147 Å². The molecule has 19 nitrogen and oxygen atoms in total. The fourth-order valence-electron chi connectivity index (χ4n) is 14.9. The first kappa shape index (κ1) is 53.8. The van der Waals surface area contributed by atoms with Gasteiger partial charge in [0.1, 0.15) is 73.2 Å². The topological polar surface area (TPSA) is 318 Å². The normalized spacial score (nSPS) is 52.3. The van der Waals surface area contributed by atoms with Gasteiger partial charge in [0.2, 0.25) is 0 Å². The number of hydrogen-bond acceptors (Lipinski definition) is 19. The van der Waals surface area contributed by atoms with Gasteiger partial charge in [-0.15, -0.1) is 0 Å². The zero-order chi connectivity index (χ0) is 49.5. The molecule has 0 bridgehead atoms. The van der Waals surface area contributed by atoms with Crippen molar-refractivity contribution in [2.24, 2.45) is 45.3 Å². The zero-order valence-corrected chi connectivity index (χ0v) is 40.2. The summed E-state index contributed by atoms with van der Waals surface area (Å²) < 4.78 is 37.1. The molecule has 0 aromatic heterocycles. The van der Waals surface area contributed by atoms with Crippen LogP contribution < -0.4 is 0 Å². The van der Waals surface area contributed by atoms with Gasteiger partial charge in [-0.2, -0.15) is 0 Å². The molecule has 3 saturated heterocycles. The predicted octanol–water partition coefficient (Wildman–Crippen LogP) is -1.06. The van der Waals surface area contributed by atoms with Crippen LogP contribution in [0.1, 0.15) is 106 Å². The number of hydrogen-bond donors (Lipinski definition) is 13. The maximum absolute atomic E-state index is 12.7. The van der Waals surface area contributed by atoms with Crippen LogP contribution in [0.3, 0.4) is 0 Å². The van der Waals surface area contributed by atoms with E-state index in [4.69, 9.17) is 28.4 Å². The summed E-state index contributed by atoms with van der Waals surface area (Å²) in [5, 5.41) is 140. The first-order valence-corrected chi connectivity index (χ1v) is 24.5. The van der Waals surface area contributed by atoms with Crippen LogP contribution in [0.2, 0.25) is 0 Å². The summed E-state index contributed by atoms with van der Waals surface area (Å²) in [5.74, 6) is -0.446. The fraction of sp³-hybridized carbons (Fsp3) is 0.958. The lowest BCUT2D eigenvalue weighted by atomic mass is 9.35. The van der Waals surface area contributed by atoms with Gasteiger partial charge in [-0.25, -0.2) is 0 Å². The van der Waals surface area contributed by atoms with Gasteiger partial charge >= 0.3 is 0 Å². The second-order valence-electron chi connectivity index (χ2n) is 23.0. The van der Waals surface area contributed by atoms with Gasteiger partial charge in [0.15, 0.2) is 18.9 Å². The van der Waals surface area contributed by atoms with E-state index in [0.29, 0.717) is 37.7 Å². The van der Waals surface area contributed by atoms with E-state index in [1.807, 2.05) is 6.92 Å². The van der Waals surface area contributed by atoms with Crippen molar-refractivity contribution in [1.29, 1.82) is 0 Å². The molecule has 26 atom stereocenters. The Morgan fingerprint density at radius 3 is 1.73 bits per heavy atom. The zero-order valence-electron chi connectivity index (χ0n) is 40.2. The first-order chi connectivity index (χ1) is 31.3. The van der Waals surface area contributed by atoms with Crippen LogP contribution in [-0.2, 0) is 28.4 Å². The van der Waals surface area contributed by atoms with Crippen molar-refractivity contribution in [2.75, 3.05) is 19.8 Å². The summed E-state index contributed by atoms with van der Waals surface area (Å²) in [4.78, 5) is 0. The maximum Gasteiger partial charge on any atom is 0.187 e. The largest absolute Gasteiger partial charge is 0.394 e. The molecule has 3 aliphatic heterocycles. The highest BCUT2D eigenvalue weighted by Crippen LogP contribution is 2.76. The Hall–Kier alpha value is -1.02. The van der Waals surface area contributed by atoms with Crippen molar-refractivity contribution in [1.82, 2.24) is 0 Å². The summed E-state index contributed by atoms with van der Waals surface area (Å²) in [5.41, 5.74) is -2.06. The highest BCUT2D eigenvalue weighted by Gasteiger charge is 2.72. The summed E-state index contributed by atoms with van der Waals surface area (Å²) >= 11 is 0. The van der Waals surface area contributed by atoms with Crippen LogP contribution in [0.15, 0.2) is 12.2 Å². The molecule has 67 heavy (non-hydrogen) atoms. The van der Waals surface area contributed by atoms with E-state index in [1.165, 1.54) is 0 Å². The second-order valence-corrected chi connectivity index (χ2v) is 23.0. The molecule has 0 aromatic rings. The standard InChI is InChI=1S/C48H82O19/c1-21(2)23(52)10-16-48(8,67-42-39(61)36(58)33(55)26(19-50)63-42)22-9-14-47(7)31(22)24(53)17-29-45(5)13-12-30(44(3,4)28(45)11-15-46(29,47)6)65-43-40(37(59)34(56)27(20-51)64-43)66-41-38(60)35(57)32(54)25(18-49)62-41/h22-43,49-61H,1,9-20H2,2-8H3/t22-,23+,24+,25+,26+,27+,28+,29+,30-,31-,32+,33+,34+,35-,36-,37-,38+,39+,40+,41-,42-,43-,45-,46+,47+,48-/m0/s1. The third kappa shape index (κ3) is 9.03. The number of aliphatic hydroxyl groups is 13. The average molecular weight is 963 g/mol. The van der Waals surface area contributed by atoms with Crippen LogP contribution in [0.4, 0.5) is 0 Å². The first-order valence-electron chi connectivity index (χ1n) is 24.5. The second kappa shape index (κ2) is 19.8. The lowest BCUT2D eigenvalue weighted by Crippen LogP contribution is -2.68. The average Bonchev–Trinajstić information content (AvgIpc) is 3.67. The smallest absolute Gasteiger partial charge is 0.187 e. The Bertz CT molecular complexity index is 1700. The summed E-state index contributed by atoms with van der Waals surface area (Å²) in [6, 6.07) is 0. The van der Waals surface area contributed by atoms with Gasteiger partial charge in [0.25, 0.3) is 0 Å². The summed E-state index contributed by atoms with van der Waals surface area (Å²) in [6.45, 7) is 16.8. The summed E-state index contributed by atoms with van der Waals surface area (Å²) in [7, 11) is 0. The maximum atomic E-state index is 12.7. The van der Waals surface area contributed by atoms with Gasteiger partial charge < -0.3 is 94.8 Å². The van der Waals surface area contributed by atoms with Gasteiger partial charge in [0.05, 0.1) is 43.7 Å². The third-order valence-electron chi connectivity index (χ3n) is 19.1. The Morgan fingerprint density at radius 1 is 0.642 bits per heavy atom. The lowest BCUT2D eigenvalue weighted by Gasteiger charge is -2.71. The molecule has 3 heterocycles. The third-order valence-corrected chi connectivity index (χ3v) is 19.1. The molecule has 13 N–H and O–H groups in total. The van der Waals surface area contributed by atoms with Crippen molar-refractivity contribution in [2.45, 2.75) is 222 Å². The quantitative estimate of drug-likeness (QED) is 0.0729. The number of aliphatic hydroxyl groups excluding tert-OH is 13. The molecule has 0 radical (unpaired) electrons. The Morgan fingerprint density at radius 2 is 1.16 bits per heavy atom. The van der Waals surface area contributed by atoms with Crippen LogP contribution >= 0.6 is 0 Å². The molecule has 19 heteroatoms. The molecule has 0 amide bonds. The van der Waals surface area contributed by atoms with E-state index >= 15 is 0 Å². The lowest BCUT2D eigenvalue weighted by molar-refractivity contribution is -0.378. The molecule has 7 rings (SSSR count). The Labute approximate surface area is 393 Å². The van der Waals surface area contributed by atoms with Crippen LogP contribution in [-0.4, -0.2) is 202 Å². The van der Waals surface area contributed by atoms with Crippen LogP contribution in [0, 0.1) is 45.3 Å². The van der Waals surface area contributed by atoms with E-state index in [-0.39, 0.29) is 40.9 Å². The SMILES string of the molecule is C=C(C)[C@H](O)CC[C@](C)(O[C@@H]1O[C@H](CO)[C@@H](O)[C@H](O)[C@H]1O)[C@H]1CC[C@]2(C)[C@@H]1[C@H](O)C[C@@H]1[C@@]3(C)CC[C@H](O[C@@H]4O[C@H](CO)[C@@H](O)[C@H](O)[C@H]4O[C@@H]4O[C@H](CO)[C@@H](O)[C@H](O)[C@H]4O)C(C)(C)[C@H]3CC[C@]12C. The van der Waals surface area contributed by atoms with Crippen molar-refractivity contribution in [3.8, 4) is 0 Å². The number of rotatable bonds is 14. The highest BCUT2D eigenvalue weighted by atomic mass is 16.8. The molecule has 0 aromatic carbocycles. The molecule has 7 fully saturated rings. The molecule has 388 valence electrons. The molecule has 0 unspecified atom stereocenters. The molecular formula is C48H82O19. The van der Waals surface area contributed by atoms with Gasteiger partial charge in [0, 0.05) is 0 Å². The fourth-order valence-corrected chi connectivity index (χ4v) is 14.9. The van der Waals surface area contributed by atoms with Gasteiger partial charge in [-0.3, -0.25) is 0 Å². The molecule has 4 aliphatic carbocycles. The van der Waals surface area contributed by atoms with Crippen molar-refractivity contribution in [3.05, 3.63) is 12.2 Å². The molecule has 0 spiro atoms. The number of ether oxygens (including phenoxy) is 6. The minimum absolute atomic E-state index is 0.0563. The van der Waals surface area contributed by atoms with Crippen LogP contribution in [0.25, 0.3) is 0 Å². The van der Waals surface area contributed by atoms with E-state index in [2.05, 4.69) is 41.2 Å². The van der Waals surface area contributed by atoms with Crippen molar-refractivity contribution in [3.63, 3.8) is 0 Å². The van der Waals surface area contributed by atoms with E-state index in [9.17, 15) is 66.4 Å². The molecular weight excluding hydrogens is 881 g/mol. The monoisotopic (exact) mass is 963 g/mol. The number of fused-ring (bicyclic) bond motifs is 5. The molecule has 4 saturated carbocycles. The van der Waals surface area contributed by atoms with E-state index in [1.54, 1.807) is 6.92 Å². The minimum atomic E-state index is -1.80. The Balaban J connectivity index is 1.13. The van der Waals surface area contributed by atoms with Gasteiger partial charge in [-0.1, -0.05) is 46.8 Å². The van der Waals surface area contributed by atoms with E-state index in [0.717, 1.165) is 19.3 Å². The minimum Gasteiger partial charge on any atom is -0.394 e. The highest BCUT2D eigenvalue weighted by molar-refractivity contribution is 5.20.